The Hall–Kier alpha value is -2.89. The minimum absolute atomic E-state index is 0.0768. The molecular weight excluding hydrogens is 358 g/mol. The molecule has 0 fully saturated rings. The van der Waals surface area contributed by atoms with E-state index in [0.717, 1.165) is 23.4 Å². The Labute approximate surface area is 161 Å². The number of hydrogen-bond acceptors (Lipinski definition) is 5. The summed E-state index contributed by atoms with van der Waals surface area (Å²) in [4.78, 5) is 16.3. The molecule has 27 heavy (non-hydrogen) atoms. The maximum absolute atomic E-state index is 12.8. The van der Waals surface area contributed by atoms with Gasteiger partial charge in [0.15, 0.2) is 5.76 Å². The predicted octanol–water partition coefficient (Wildman–Crippen LogP) is 4.72. The molecule has 3 heterocycles. The molecule has 0 saturated carbocycles. The normalized spacial score (nSPS) is 17.3. The number of allylic oxidation sites excluding steroid dienone is 1. The minimum atomic E-state index is -0.0768. The van der Waals surface area contributed by atoms with E-state index < -0.39 is 0 Å². The average molecular weight is 375 g/mol. The van der Waals surface area contributed by atoms with Crippen molar-refractivity contribution in [1.82, 2.24) is 4.90 Å². The van der Waals surface area contributed by atoms with Gasteiger partial charge in [-0.3, -0.25) is 9.69 Å². The second-order valence-corrected chi connectivity index (χ2v) is 7.64. The van der Waals surface area contributed by atoms with Crippen LogP contribution in [-0.4, -0.2) is 17.4 Å². The van der Waals surface area contributed by atoms with Crippen molar-refractivity contribution in [3.05, 3.63) is 87.3 Å². The van der Waals surface area contributed by atoms with Gasteiger partial charge in [0.25, 0.3) is 0 Å². The first-order valence-corrected chi connectivity index (χ1v) is 9.68. The number of thiophene rings is 1. The summed E-state index contributed by atoms with van der Waals surface area (Å²) in [7, 11) is 0. The molecule has 0 radical (unpaired) electrons. The molecule has 0 saturated heterocycles. The molecule has 0 atom stereocenters. The van der Waals surface area contributed by atoms with Crippen molar-refractivity contribution < 1.29 is 14.3 Å². The van der Waals surface area contributed by atoms with Crippen molar-refractivity contribution in [2.75, 3.05) is 6.73 Å². The number of Topliss-reactive ketones (excluding diaryl/α,β-unsaturated/α-hetero) is 1. The van der Waals surface area contributed by atoms with E-state index in [0.29, 0.717) is 30.3 Å². The van der Waals surface area contributed by atoms with Crippen LogP contribution in [0.5, 0.6) is 11.5 Å². The third-order valence-corrected chi connectivity index (χ3v) is 5.60. The lowest BCUT2D eigenvalue weighted by Gasteiger charge is -2.29. The quantitative estimate of drug-likeness (QED) is 0.621. The molecule has 5 heteroatoms. The Kier molecular flexibility index (Phi) is 4.03. The monoisotopic (exact) mass is 375 g/mol. The minimum Gasteiger partial charge on any atom is -0.478 e. The molecule has 0 amide bonds. The molecule has 3 aromatic rings. The standard InChI is InChI=1S/C22H17NO3S/c24-21-17-8-9-19-18(13-23(14-25-19)12-16-7-4-10-27-16)22(17)26-20(21)11-15-5-2-1-3-6-15/h1-11H,12-14H2/b20-11-. The zero-order chi connectivity index (χ0) is 18.2. The number of hydrogen-bond donors (Lipinski definition) is 0. The van der Waals surface area contributed by atoms with Crippen LogP contribution < -0.4 is 9.47 Å². The van der Waals surface area contributed by atoms with Crippen LogP contribution in [0.15, 0.2) is 65.7 Å². The lowest BCUT2D eigenvalue weighted by Crippen LogP contribution is -2.31. The van der Waals surface area contributed by atoms with E-state index in [1.54, 1.807) is 23.5 Å². The fourth-order valence-electron chi connectivity index (χ4n) is 3.43. The summed E-state index contributed by atoms with van der Waals surface area (Å²) >= 11 is 1.73. The van der Waals surface area contributed by atoms with Crippen LogP contribution in [0, 0.1) is 0 Å². The van der Waals surface area contributed by atoms with Crippen LogP contribution in [0.3, 0.4) is 0 Å². The van der Waals surface area contributed by atoms with Crippen LogP contribution in [0.25, 0.3) is 6.08 Å². The van der Waals surface area contributed by atoms with Gasteiger partial charge >= 0.3 is 0 Å². The highest BCUT2D eigenvalue weighted by Gasteiger charge is 2.33. The Bertz CT molecular complexity index is 1030. The lowest BCUT2D eigenvalue weighted by molar-refractivity contribution is 0.0882. The number of carbonyl (C=O) groups excluding carboxylic acids is 1. The van der Waals surface area contributed by atoms with Gasteiger partial charge in [0, 0.05) is 18.0 Å². The van der Waals surface area contributed by atoms with Gasteiger partial charge in [-0.25, -0.2) is 0 Å². The van der Waals surface area contributed by atoms with Gasteiger partial charge in [-0.15, -0.1) is 11.3 Å². The summed E-state index contributed by atoms with van der Waals surface area (Å²) in [6.07, 6.45) is 1.79. The van der Waals surface area contributed by atoms with E-state index in [9.17, 15) is 4.79 Å². The highest BCUT2D eigenvalue weighted by molar-refractivity contribution is 7.09. The summed E-state index contributed by atoms with van der Waals surface area (Å²) in [6, 6.07) is 17.6. The second-order valence-electron chi connectivity index (χ2n) is 6.61. The van der Waals surface area contributed by atoms with E-state index in [1.165, 1.54) is 4.88 Å². The molecule has 4 nitrogen and oxygen atoms in total. The molecule has 2 aliphatic heterocycles. The van der Waals surface area contributed by atoms with E-state index in [2.05, 4.69) is 22.4 Å². The zero-order valence-corrected chi connectivity index (χ0v) is 15.4. The highest BCUT2D eigenvalue weighted by atomic mass is 32.1. The van der Waals surface area contributed by atoms with Crippen LogP contribution in [-0.2, 0) is 13.1 Å². The van der Waals surface area contributed by atoms with Crippen LogP contribution >= 0.6 is 11.3 Å². The first-order chi connectivity index (χ1) is 13.3. The van der Waals surface area contributed by atoms with E-state index in [1.807, 2.05) is 36.4 Å². The number of ketones is 1. The number of benzene rings is 2. The molecule has 134 valence electrons. The fraction of sp³-hybridized carbons (Fsp3) is 0.136. The summed E-state index contributed by atoms with van der Waals surface area (Å²) < 4.78 is 11.9. The number of ether oxygens (including phenoxy) is 2. The van der Waals surface area contributed by atoms with Crippen molar-refractivity contribution >= 4 is 23.2 Å². The van der Waals surface area contributed by atoms with Crippen LogP contribution in [0.2, 0.25) is 0 Å². The Morgan fingerprint density at radius 1 is 1.07 bits per heavy atom. The van der Waals surface area contributed by atoms with Gasteiger partial charge in [0.05, 0.1) is 11.1 Å². The summed E-state index contributed by atoms with van der Waals surface area (Å²) in [5.74, 6) is 1.72. The Balaban J connectivity index is 1.45. The topological polar surface area (TPSA) is 38.8 Å². The largest absolute Gasteiger partial charge is 0.478 e. The van der Waals surface area contributed by atoms with Crippen molar-refractivity contribution in [1.29, 1.82) is 0 Å². The van der Waals surface area contributed by atoms with Crippen molar-refractivity contribution in [3.8, 4) is 11.5 Å². The summed E-state index contributed by atoms with van der Waals surface area (Å²) in [5, 5.41) is 2.08. The van der Waals surface area contributed by atoms with E-state index in [-0.39, 0.29) is 5.78 Å². The van der Waals surface area contributed by atoms with Crippen LogP contribution in [0.4, 0.5) is 0 Å². The Morgan fingerprint density at radius 2 is 1.96 bits per heavy atom. The molecule has 2 aliphatic rings. The van der Waals surface area contributed by atoms with Gasteiger partial charge < -0.3 is 9.47 Å². The lowest BCUT2D eigenvalue weighted by atomic mass is 10.0. The second kappa shape index (κ2) is 6.68. The van der Waals surface area contributed by atoms with Gasteiger partial charge in [0.2, 0.25) is 5.78 Å². The number of rotatable bonds is 3. The highest BCUT2D eigenvalue weighted by Crippen LogP contribution is 2.42. The third kappa shape index (κ3) is 3.05. The van der Waals surface area contributed by atoms with Gasteiger partial charge in [-0.05, 0) is 35.2 Å². The average Bonchev–Trinajstić information content (AvgIpc) is 3.31. The summed E-state index contributed by atoms with van der Waals surface area (Å²) in [5.41, 5.74) is 2.50. The first kappa shape index (κ1) is 16.3. The first-order valence-electron chi connectivity index (χ1n) is 8.80. The molecular formula is C22H17NO3S. The zero-order valence-electron chi connectivity index (χ0n) is 14.6. The molecule has 0 unspecified atom stereocenters. The predicted molar refractivity (Wildman–Crippen MR) is 105 cm³/mol. The van der Waals surface area contributed by atoms with Crippen molar-refractivity contribution in [2.45, 2.75) is 13.1 Å². The number of fused-ring (bicyclic) bond motifs is 3. The molecule has 0 aliphatic carbocycles. The smallest absolute Gasteiger partial charge is 0.231 e. The number of nitrogens with zero attached hydrogens (tertiary/aromatic N) is 1. The molecule has 2 aromatic carbocycles. The number of carbonyl (C=O) groups is 1. The van der Waals surface area contributed by atoms with Gasteiger partial charge in [-0.1, -0.05) is 36.4 Å². The van der Waals surface area contributed by atoms with Crippen molar-refractivity contribution in [2.24, 2.45) is 0 Å². The third-order valence-electron chi connectivity index (χ3n) is 4.74. The van der Waals surface area contributed by atoms with Crippen LogP contribution in [0.1, 0.15) is 26.4 Å². The molecule has 0 spiro atoms. The van der Waals surface area contributed by atoms with E-state index >= 15 is 0 Å². The molecule has 0 N–H and O–H groups in total. The van der Waals surface area contributed by atoms with Gasteiger partial charge in [-0.2, -0.15) is 0 Å². The molecule has 5 rings (SSSR count). The maximum atomic E-state index is 12.8. The molecule has 0 bridgehead atoms. The SMILES string of the molecule is O=C1/C(=C/c2ccccc2)Oc2c1ccc1c2CN(Cc2cccs2)CO1. The van der Waals surface area contributed by atoms with E-state index in [4.69, 9.17) is 9.47 Å². The van der Waals surface area contributed by atoms with Crippen molar-refractivity contribution in [3.63, 3.8) is 0 Å². The fourth-order valence-corrected chi connectivity index (χ4v) is 4.18. The summed E-state index contributed by atoms with van der Waals surface area (Å²) in [6.45, 7) is 2.05. The van der Waals surface area contributed by atoms with Gasteiger partial charge in [0.1, 0.15) is 18.2 Å². The Morgan fingerprint density at radius 3 is 2.78 bits per heavy atom. The molecule has 1 aromatic heterocycles. The maximum Gasteiger partial charge on any atom is 0.231 e.